The van der Waals surface area contributed by atoms with E-state index in [-0.39, 0.29) is 35.0 Å². The molecule has 0 aromatic carbocycles. The molecule has 15 heavy (non-hydrogen) atoms. The van der Waals surface area contributed by atoms with Crippen LogP contribution in [0.2, 0.25) is 0 Å². The van der Waals surface area contributed by atoms with Crippen LogP contribution in [0.1, 0.15) is 0 Å². The molecule has 0 unspecified atom stereocenters. The fourth-order valence-electron chi connectivity index (χ4n) is 0.668. The SMILES string of the molecule is O.O=C(O)[C@H](O)[C@@H](O)[C@H](O)[C@H](O)CO.[NaH]. The third-order valence-corrected chi connectivity index (χ3v) is 1.51. The maximum absolute atomic E-state index is 10.1. The summed E-state index contributed by atoms with van der Waals surface area (Å²) in [5, 5.41) is 51.8. The van der Waals surface area contributed by atoms with Crippen molar-refractivity contribution >= 4 is 35.5 Å². The molecule has 0 radical (unpaired) electrons. The molecule has 9 heteroatoms. The topological polar surface area (TPSA) is 170 Å². The first-order chi connectivity index (χ1) is 5.91. The van der Waals surface area contributed by atoms with E-state index in [1.165, 1.54) is 0 Å². The predicted octanol–water partition coefficient (Wildman–Crippen LogP) is -4.97. The molecule has 0 aromatic rings. The number of aliphatic hydroxyl groups excluding tert-OH is 5. The van der Waals surface area contributed by atoms with Gasteiger partial charge in [-0.25, -0.2) is 4.79 Å². The number of hydrogen-bond donors (Lipinski definition) is 6. The second-order valence-electron chi connectivity index (χ2n) is 2.51. The van der Waals surface area contributed by atoms with E-state index in [9.17, 15) is 4.79 Å². The molecule has 8 nitrogen and oxygen atoms in total. The molecule has 0 aliphatic rings. The zero-order valence-corrected chi connectivity index (χ0v) is 7.11. The summed E-state index contributed by atoms with van der Waals surface area (Å²) in [6, 6.07) is 0. The number of carboxylic acids is 1. The molecule has 0 heterocycles. The Labute approximate surface area is 107 Å². The van der Waals surface area contributed by atoms with E-state index in [1.54, 1.807) is 0 Å². The Kier molecular flexibility index (Phi) is 13.0. The molecule has 8 N–H and O–H groups in total. The average molecular weight is 238 g/mol. The van der Waals surface area contributed by atoms with E-state index in [0.29, 0.717) is 0 Å². The molecule has 0 fully saturated rings. The minimum atomic E-state index is -2.20. The molecule has 0 aromatic heterocycles. The van der Waals surface area contributed by atoms with Crippen LogP contribution in [0.15, 0.2) is 0 Å². The van der Waals surface area contributed by atoms with Gasteiger partial charge >= 0.3 is 35.5 Å². The third kappa shape index (κ3) is 6.40. The van der Waals surface area contributed by atoms with Crippen LogP contribution in [0.3, 0.4) is 0 Å². The first-order valence-electron chi connectivity index (χ1n) is 3.47. The van der Waals surface area contributed by atoms with Crippen LogP contribution in [0.5, 0.6) is 0 Å². The van der Waals surface area contributed by atoms with Gasteiger partial charge in [0, 0.05) is 0 Å². The van der Waals surface area contributed by atoms with Crippen LogP contribution in [-0.4, -0.2) is 103 Å². The molecular weight excluding hydrogens is 223 g/mol. The zero-order valence-electron chi connectivity index (χ0n) is 7.11. The number of aliphatic carboxylic acids is 1. The maximum atomic E-state index is 10.1. The van der Waals surface area contributed by atoms with Gasteiger partial charge < -0.3 is 36.1 Å². The third-order valence-electron chi connectivity index (χ3n) is 1.51. The molecule has 0 aliphatic carbocycles. The fraction of sp³-hybridized carbons (Fsp3) is 0.833. The van der Waals surface area contributed by atoms with E-state index in [0.717, 1.165) is 0 Å². The van der Waals surface area contributed by atoms with Crippen LogP contribution < -0.4 is 0 Å². The molecule has 0 rings (SSSR count). The summed E-state index contributed by atoms with van der Waals surface area (Å²) in [6.45, 7) is -0.843. The van der Waals surface area contributed by atoms with Crippen molar-refractivity contribution < 1.29 is 40.9 Å². The van der Waals surface area contributed by atoms with Gasteiger partial charge in [0.05, 0.1) is 6.61 Å². The molecule has 4 atom stereocenters. The molecule has 0 aliphatic heterocycles. The normalized spacial score (nSPS) is 17.7. The van der Waals surface area contributed by atoms with Crippen molar-refractivity contribution in [2.24, 2.45) is 0 Å². The summed E-state index contributed by atoms with van der Waals surface area (Å²) in [6.07, 6.45) is -7.84. The summed E-state index contributed by atoms with van der Waals surface area (Å²) >= 11 is 0. The van der Waals surface area contributed by atoms with Gasteiger partial charge in [-0.05, 0) is 0 Å². The Bertz CT molecular complexity index is 177. The number of rotatable bonds is 5. The summed E-state index contributed by atoms with van der Waals surface area (Å²) in [4.78, 5) is 10.1. The van der Waals surface area contributed by atoms with Crippen molar-refractivity contribution in [1.29, 1.82) is 0 Å². The second kappa shape index (κ2) is 9.46. The van der Waals surface area contributed by atoms with Crippen molar-refractivity contribution in [3.8, 4) is 0 Å². The van der Waals surface area contributed by atoms with Crippen molar-refractivity contribution in [3.63, 3.8) is 0 Å². The van der Waals surface area contributed by atoms with Gasteiger partial charge in [-0.3, -0.25) is 0 Å². The van der Waals surface area contributed by atoms with Crippen molar-refractivity contribution in [3.05, 3.63) is 0 Å². The predicted molar refractivity (Wildman–Crippen MR) is 49.5 cm³/mol. The Balaban J connectivity index is -0.000000720. The van der Waals surface area contributed by atoms with Gasteiger partial charge in [0.25, 0.3) is 0 Å². The molecule has 0 saturated carbocycles. The van der Waals surface area contributed by atoms with Crippen LogP contribution in [0.4, 0.5) is 0 Å². The van der Waals surface area contributed by atoms with Gasteiger partial charge in [-0.15, -0.1) is 0 Å². The van der Waals surface area contributed by atoms with Gasteiger partial charge in [-0.1, -0.05) is 0 Å². The Hall–Kier alpha value is 0.230. The van der Waals surface area contributed by atoms with Crippen molar-refractivity contribution in [1.82, 2.24) is 0 Å². The summed E-state index contributed by atoms with van der Waals surface area (Å²) in [5.41, 5.74) is 0. The summed E-state index contributed by atoms with van der Waals surface area (Å²) in [5.74, 6) is -1.73. The average Bonchev–Trinajstić information content (AvgIpc) is 2.12. The van der Waals surface area contributed by atoms with E-state index < -0.39 is 37.0 Å². The molecule has 0 amide bonds. The summed E-state index contributed by atoms with van der Waals surface area (Å²) in [7, 11) is 0. The Morgan fingerprint density at radius 2 is 1.47 bits per heavy atom. The number of carboxylic acid groups (broad SMARTS) is 1. The van der Waals surface area contributed by atoms with E-state index in [1.807, 2.05) is 0 Å². The molecule has 0 bridgehead atoms. The van der Waals surface area contributed by atoms with Gasteiger partial charge in [-0.2, -0.15) is 0 Å². The van der Waals surface area contributed by atoms with Gasteiger partial charge in [0.15, 0.2) is 6.10 Å². The zero-order chi connectivity index (χ0) is 10.6. The molecular formula is C6H15NaO8. The quantitative estimate of drug-likeness (QED) is 0.260. The molecule has 0 spiro atoms. The summed E-state index contributed by atoms with van der Waals surface area (Å²) < 4.78 is 0. The molecule has 88 valence electrons. The number of aliphatic hydroxyl groups is 5. The van der Waals surface area contributed by atoms with Crippen LogP contribution >= 0.6 is 0 Å². The standard InChI is InChI=1S/C6H12O7.Na.H2O.H/c7-1-2(8)3(9)4(10)5(11)6(12)13;;;/h2-5,7-11H,1H2,(H,12,13);;1H2;/t2-,3-,4+,5-;;;/m1.../s1. The monoisotopic (exact) mass is 238 g/mol. The van der Waals surface area contributed by atoms with E-state index in [4.69, 9.17) is 30.6 Å². The van der Waals surface area contributed by atoms with Crippen molar-refractivity contribution in [2.45, 2.75) is 24.4 Å². The first-order valence-corrected chi connectivity index (χ1v) is 3.47. The molecule has 0 saturated heterocycles. The Morgan fingerprint density at radius 1 is 1.07 bits per heavy atom. The first kappa shape index (κ1) is 20.6. The number of carbonyl (C=O) groups is 1. The van der Waals surface area contributed by atoms with Gasteiger partial charge in [0.1, 0.15) is 18.3 Å². The van der Waals surface area contributed by atoms with Crippen molar-refractivity contribution in [2.75, 3.05) is 6.61 Å². The van der Waals surface area contributed by atoms with Crippen LogP contribution in [-0.2, 0) is 4.79 Å². The van der Waals surface area contributed by atoms with Gasteiger partial charge in [0.2, 0.25) is 0 Å². The van der Waals surface area contributed by atoms with E-state index >= 15 is 0 Å². The second-order valence-corrected chi connectivity index (χ2v) is 2.51. The fourth-order valence-corrected chi connectivity index (χ4v) is 0.668. The van der Waals surface area contributed by atoms with E-state index in [2.05, 4.69) is 0 Å². The Morgan fingerprint density at radius 3 is 1.73 bits per heavy atom. The van der Waals surface area contributed by atoms with Crippen LogP contribution in [0, 0.1) is 0 Å². The number of hydrogen-bond acceptors (Lipinski definition) is 6. The van der Waals surface area contributed by atoms with Crippen LogP contribution in [0.25, 0.3) is 0 Å². The minimum absolute atomic E-state index is 0.